The highest BCUT2D eigenvalue weighted by Gasteiger charge is 2.24. The van der Waals surface area contributed by atoms with Gasteiger partial charge in [0.25, 0.3) is 10.0 Å². The van der Waals surface area contributed by atoms with E-state index in [1.807, 2.05) is 0 Å². The standard InChI is InChI=1S/C11H12FN5O3S/c12-7-4-8(6-13-5-7)21(18,19)17-11-16-15-10(20-11)9-2-1-3-14-9/h4-6,9,14H,1-3H2,(H,16,17). The number of nitrogens with zero attached hydrogens (tertiary/aromatic N) is 3. The molecule has 0 spiro atoms. The van der Waals surface area contributed by atoms with Gasteiger partial charge >= 0.3 is 6.01 Å². The van der Waals surface area contributed by atoms with Crippen molar-refractivity contribution in [1.29, 1.82) is 0 Å². The summed E-state index contributed by atoms with van der Waals surface area (Å²) in [6, 6.07) is 0.528. The van der Waals surface area contributed by atoms with Crippen molar-refractivity contribution in [2.45, 2.75) is 23.8 Å². The maximum Gasteiger partial charge on any atom is 0.329 e. The lowest BCUT2D eigenvalue weighted by Gasteiger charge is -2.04. The van der Waals surface area contributed by atoms with Gasteiger partial charge in [0.1, 0.15) is 10.7 Å². The third-order valence-corrected chi connectivity index (χ3v) is 4.30. The number of aromatic nitrogens is 3. The first-order valence-electron chi connectivity index (χ1n) is 6.25. The summed E-state index contributed by atoms with van der Waals surface area (Å²) in [5.74, 6) is -0.429. The summed E-state index contributed by atoms with van der Waals surface area (Å²) in [6.45, 7) is 0.850. The van der Waals surface area contributed by atoms with Crippen molar-refractivity contribution in [2.75, 3.05) is 11.3 Å². The number of pyridine rings is 1. The zero-order chi connectivity index (χ0) is 14.9. The van der Waals surface area contributed by atoms with Gasteiger partial charge in [-0.05, 0) is 25.5 Å². The van der Waals surface area contributed by atoms with Crippen LogP contribution in [0.1, 0.15) is 24.8 Å². The van der Waals surface area contributed by atoms with Crippen molar-refractivity contribution in [2.24, 2.45) is 0 Å². The van der Waals surface area contributed by atoms with Gasteiger partial charge in [0.05, 0.1) is 12.2 Å². The van der Waals surface area contributed by atoms with Crippen molar-refractivity contribution < 1.29 is 17.2 Å². The minimum atomic E-state index is -4.02. The molecule has 0 radical (unpaired) electrons. The second-order valence-electron chi connectivity index (χ2n) is 4.54. The molecule has 0 bridgehead atoms. The molecule has 112 valence electrons. The summed E-state index contributed by atoms with van der Waals surface area (Å²) < 4.78 is 44.4. The number of anilines is 1. The van der Waals surface area contributed by atoms with Gasteiger partial charge in [-0.3, -0.25) is 4.98 Å². The Morgan fingerprint density at radius 2 is 2.24 bits per heavy atom. The summed E-state index contributed by atoms with van der Waals surface area (Å²) in [7, 11) is -4.02. The Kier molecular flexibility index (Phi) is 3.55. The molecule has 1 atom stereocenters. The average molecular weight is 313 g/mol. The highest BCUT2D eigenvalue weighted by molar-refractivity contribution is 7.92. The van der Waals surface area contributed by atoms with E-state index in [9.17, 15) is 12.8 Å². The van der Waals surface area contributed by atoms with Gasteiger partial charge in [-0.25, -0.2) is 17.5 Å². The molecule has 1 aliphatic rings. The Morgan fingerprint density at radius 1 is 1.38 bits per heavy atom. The second kappa shape index (κ2) is 5.37. The number of nitrogens with one attached hydrogen (secondary N) is 2. The molecule has 1 aliphatic heterocycles. The van der Waals surface area contributed by atoms with Crippen LogP contribution in [-0.2, 0) is 10.0 Å². The van der Waals surface area contributed by atoms with Gasteiger partial charge in [0.15, 0.2) is 0 Å². The zero-order valence-corrected chi connectivity index (χ0v) is 11.6. The molecular formula is C11H12FN5O3S. The fourth-order valence-corrected chi connectivity index (χ4v) is 2.92. The Labute approximate surface area is 119 Å². The summed E-state index contributed by atoms with van der Waals surface area (Å²) in [5, 5.41) is 10.6. The highest BCUT2D eigenvalue weighted by atomic mass is 32.2. The number of halogens is 1. The summed E-state index contributed by atoms with van der Waals surface area (Å²) in [6.07, 6.45) is 3.78. The van der Waals surface area contributed by atoms with Crippen molar-refractivity contribution in [3.63, 3.8) is 0 Å². The van der Waals surface area contributed by atoms with E-state index >= 15 is 0 Å². The van der Waals surface area contributed by atoms with Crippen LogP contribution in [0, 0.1) is 5.82 Å². The predicted octanol–water partition coefficient (Wildman–Crippen LogP) is 0.829. The van der Waals surface area contributed by atoms with Gasteiger partial charge in [-0.1, -0.05) is 5.10 Å². The largest absolute Gasteiger partial charge is 0.406 e. The van der Waals surface area contributed by atoms with Crippen molar-refractivity contribution in [3.8, 4) is 0 Å². The van der Waals surface area contributed by atoms with Gasteiger partial charge in [-0.2, -0.15) is 0 Å². The maximum atomic E-state index is 13.0. The second-order valence-corrected chi connectivity index (χ2v) is 6.22. The molecule has 0 amide bonds. The zero-order valence-electron chi connectivity index (χ0n) is 10.8. The molecule has 10 heteroatoms. The van der Waals surface area contributed by atoms with Gasteiger partial charge < -0.3 is 9.73 Å². The Balaban J connectivity index is 1.79. The summed E-state index contributed by atoms with van der Waals surface area (Å²) >= 11 is 0. The summed E-state index contributed by atoms with van der Waals surface area (Å²) in [5.41, 5.74) is 0. The van der Waals surface area contributed by atoms with Crippen LogP contribution in [-0.4, -0.2) is 30.1 Å². The molecule has 2 aromatic rings. The van der Waals surface area contributed by atoms with E-state index in [1.54, 1.807) is 0 Å². The molecule has 1 saturated heterocycles. The van der Waals surface area contributed by atoms with Crippen molar-refractivity contribution in [3.05, 3.63) is 30.2 Å². The monoisotopic (exact) mass is 313 g/mol. The maximum absolute atomic E-state index is 13.0. The smallest absolute Gasteiger partial charge is 0.329 e. The first-order valence-corrected chi connectivity index (χ1v) is 7.73. The van der Waals surface area contributed by atoms with Crippen LogP contribution in [0.4, 0.5) is 10.4 Å². The average Bonchev–Trinajstić information content (AvgIpc) is 3.08. The summed E-state index contributed by atoms with van der Waals surface area (Å²) in [4.78, 5) is 3.17. The van der Waals surface area contributed by atoms with Crippen LogP contribution in [0.25, 0.3) is 0 Å². The first-order chi connectivity index (χ1) is 10.0. The number of rotatable bonds is 4. The van der Waals surface area contributed by atoms with Crippen molar-refractivity contribution >= 4 is 16.0 Å². The minimum Gasteiger partial charge on any atom is -0.406 e. The first kappa shape index (κ1) is 13.9. The lowest BCUT2D eigenvalue weighted by molar-refractivity contribution is 0.439. The van der Waals surface area contributed by atoms with E-state index in [1.165, 1.54) is 0 Å². The molecule has 2 aromatic heterocycles. The molecule has 1 fully saturated rings. The lowest BCUT2D eigenvalue weighted by atomic mass is 10.2. The van der Waals surface area contributed by atoms with E-state index < -0.39 is 15.8 Å². The van der Waals surface area contributed by atoms with E-state index in [-0.39, 0.29) is 17.0 Å². The van der Waals surface area contributed by atoms with Gasteiger partial charge in [0, 0.05) is 6.20 Å². The molecule has 0 saturated carbocycles. The van der Waals surface area contributed by atoms with Crippen LogP contribution in [0.3, 0.4) is 0 Å². The van der Waals surface area contributed by atoms with Crippen LogP contribution in [0.5, 0.6) is 0 Å². The fourth-order valence-electron chi connectivity index (χ4n) is 2.03. The normalized spacial score (nSPS) is 18.8. The third-order valence-electron chi connectivity index (χ3n) is 3.01. The molecule has 21 heavy (non-hydrogen) atoms. The molecule has 2 N–H and O–H groups in total. The molecule has 0 aromatic carbocycles. The number of hydrogen-bond donors (Lipinski definition) is 2. The molecule has 0 aliphatic carbocycles. The molecule has 8 nitrogen and oxygen atoms in total. The molecule has 3 heterocycles. The van der Waals surface area contributed by atoms with Crippen LogP contribution < -0.4 is 10.0 Å². The van der Waals surface area contributed by atoms with E-state index in [2.05, 4.69) is 25.2 Å². The van der Waals surface area contributed by atoms with Gasteiger partial charge in [-0.15, -0.1) is 5.10 Å². The molecular weight excluding hydrogens is 301 g/mol. The van der Waals surface area contributed by atoms with E-state index in [0.29, 0.717) is 5.89 Å². The predicted molar refractivity (Wildman–Crippen MR) is 69.3 cm³/mol. The Morgan fingerprint density at radius 3 is 2.95 bits per heavy atom. The Bertz CT molecular complexity index is 742. The number of sulfonamides is 1. The molecule has 1 unspecified atom stereocenters. The highest BCUT2D eigenvalue weighted by Crippen LogP contribution is 2.23. The van der Waals surface area contributed by atoms with Crippen LogP contribution in [0.15, 0.2) is 27.8 Å². The SMILES string of the molecule is O=S(=O)(Nc1nnc(C2CCCN2)o1)c1cncc(F)c1. The fraction of sp³-hybridized carbons (Fsp3) is 0.364. The number of hydrogen-bond acceptors (Lipinski definition) is 7. The third kappa shape index (κ3) is 3.00. The minimum absolute atomic E-state index is 0.0633. The van der Waals surface area contributed by atoms with Crippen LogP contribution >= 0.6 is 0 Å². The molecule has 3 rings (SSSR count). The topological polar surface area (TPSA) is 110 Å². The van der Waals surface area contributed by atoms with E-state index in [0.717, 1.165) is 37.8 Å². The van der Waals surface area contributed by atoms with E-state index in [4.69, 9.17) is 4.42 Å². The Hall–Kier alpha value is -2.07. The van der Waals surface area contributed by atoms with Crippen molar-refractivity contribution in [1.82, 2.24) is 20.5 Å². The lowest BCUT2D eigenvalue weighted by Crippen LogP contribution is -2.14. The quantitative estimate of drug-likeness (QED) is 0.860. The van der Waals surface area contributed by atoms with Gasteiger partial charge in [0.2, 0.25) is 5.89 Å². The van der Waals surface area contributed by atoms with Crippen LogP contribution in [0.2, 0.25) is 0 Å².